The van der Waals surface area contributed by atoms with E-state index in [1.165, 1.54) is 18.2 Å². The average molecular weight is 517 g/mol. The molecule has 1 heterocycles. The summed E-state index contributed by atoms with van der Waals surface area (Å²) in [6, 6.07) is 10.2. The first-order chi connectivity index (χ1) is 17.0. The van der Waals surface area contributed by atoms with Crippen molar-refractivity contribution in [1.29, 1.82) is 0 Å². The Hall–Kier alpha value is -3.59. The number of rotatable bonds is 7. The van der Waals surface area contributed by atoms with Gasteiger partial charge in [0, 0.05) is 30.4 Å². The average Bonchev–Trinajstić information content (AvgIpc) is 2.80. The highest BCUT2D eigenvalue weighted by atomic mass is 35.5. The number of H-pyrrole nitrogens is 1. The SMILES string of the molecule is CC(c1c[nH]c(=O)c2ccccc12)N(CCCNC(=O)OC(C)(C)C)C(=O)Nc1ccc(F)c(Cl)c1. The van der Waals surface area contributed by atoms with Crippen LogP contribution < -0.4 is 16.2 Å². The Morgan fingerprint density at radius 1 is 1.17 bits per heavy atom. The number of urea groups is 1. The molecule has 0 saturated carbocycles. The smallest absolute Gasteiger partial charge is 0.407 e. The zero-order chi connectivity index (χ0) is 26.5. The van der Waals surface area contributed by atoms with E-state index < -0.39 is 29.6 Å². The number of anilines is 1. The molecule has 3 amide bonds. The second-order valence-electron chi connectivity index (χ2n) is 9.33. The molecule has 1 atom stereocenters. The van der Waals surface area contributed by atoms with Gasteiger partial charge in [-0.25, -0.2) is 14.0 Å². The Morgan fingerprint density at radius 2 is 1.86 bits per heavy atom. The molecular formula is C26H30ClFN4O4. The number of aromatic amines is 1. The van der Waals surface area contributed by atoms with Crippen molar-refractivity contribution in [2.75, 3.05) is 18.4 Å². The molecule has 0 radical (unpaired) electrons. The van der Waals surface area contributed by atoms with Crippen LogP contribution in [0.3, 0.4) is 0 Å². The van der Waals surface area contributed by atoms with Crippen molar-refractivity contribution in [3.63, 3.8) is 0 Å². The van der Waals surface area contributed by atoms with Crippen molar-refractivity contribution in [1.82, 2.24) is 15.2 Å². The van der Waals surface area contributed by atoms with Crippen molar-refractivity contribution < 1.29 is 18.7 Å². The molecule has 3 N–H and O–H groups in total. The van der Waals surface area contributed by atoms with Gasteiger partial charge in [0.25, 0.3) is 5.56 Å². The monoisotopic (exact) mass is 516 g/mol. The van der Waals surface area contributed by atoms with Crippen molar-refractivity contribution in [2.24, 2.45) is 0 Å². The highest BCUT2D eigenvalue weighted by Gasteiger charge is 2.24. The van der Waals surface area contributed by atoms with E-state index in [-0.39, 0.29) is 23.7 Å². The van der Waals surface area contributed by atoms with Crippen LogP contribution in [0.5, 0.6) is 0 Å². The number of fused-ring (bicyclic) bond motifs is 1. The minimum Gasteiger partial charge on any atom is -0.444 e. The largest absolute Gasteiger partial charge is 0.444 e. The number of hydrogen-bond donors (Lipinski definition) is 3. The maximum absolute atomic E-state index is 13.6. The number of amides is 3. The standard InChI is InChI=1S/C26H30ClFN4O4/c1-16(20-15-30-23(33)19-9-6-5-8-18(19)20)32(13-7-12-29-25(35)36-26(2,3)4)24(34)31-17-10-11-22(28)21(27)14-17/h5-6,8-11,14-16H,7,12-13H2,1-4H3,(H,29,35)(H,30,33)(H,31,34). The fourth-order valence-corrected chi connectivity index (χ4v) is 3.92. The Balaban J connectivity index is 1.82. The second-order valence-corrected chi connectivity index (χ2v) is 9.74. The molecule has 0 aliphatic rings. The maximum atomic E-state index is 13.6. The summed E-state index contributed by atoms with van der Waals surface area (Å²) in [5.74, 6) is -0.590. The summed E-state index contributed by atoms with van der Waals surface area (Å²) < 4.78 is 18.8. The van der Waals surface area contributed by atoms with Crippen LogP contribution in [0.25, 0.3) is 10.8 Å². The first-order valence-electron chi connectivity index (χ1n) is 11.6. The molecule has 3 rings (SSSR count). The van der Waals surface area contributed by atoms with Crippen LogP contribution in [0.4, 0.5) is 19.7 Å². The lowest BCUT2D eigenvalue weighted by molar-refractivity contribution is 0.0526. The summed E-state index contributed by atoms with van der Waals surface area (Å²) in [7, 11) is 0. The van der Waals surface area contributed by atoms with Gasteiger partial charge < -0.3 is 25.3 Å². The van der Waals surface area contributed by atoms with Crippen LogP contribution in [0.15, 0.2) is 53.5 Å². The molecule has 10 heteroatoms. The summed E-state index contributed by atoms with van der Waals surface area (Å²) in [5.41, 5.74) is 0.242. The van der Waals surface area contributed by atoms with Gasteiger partial charge in [-0.2, -0.15) is 0 Å². The minimum absolute atomic E-state index is 0.111. The molecule has 0 bridgehead atoms. The molecule has 2 aromatic carbocycles. The molecule has 0 aliphatic heterocycles. The van der Waals surface area contributed by atoms with Gasteiger partial charge in [-0.1, -0.05) is 29.8 Å². The van der Waals surface area contributed by atoms with E-state index in [1.807, 2.05) is 19.1 Å². The molecule has 3 aromatic rings. The minimum atomic E-state index is -0.619. The molecule has 1 aromatic heterocycles. The fourth-order valence-electron chi connectivity index (χ4n) is 3.74. The molecular weight excluding hydrogens is 487 g/mol. The van der Waals surface area contributed by atoms with Crippen molar-refractivity contribution in [3.8, 4) is 0 Å². The van der Waals surface area contributed by atoms with Crippen LogP contribution in [-0.2, 0) is 4.74 Å². The normalized spacial score (nSPS) is 12.2. The number of ether oxygens (including phenoxy) is 1. The molecule has 192 valence electrons. The predicted molar refractivity (Wildman–Crippen MR) is 139 cm³/mol. The number of nitrogens with zero attached hydrogens (tertiary/aromatic N) is 1. The summed E-state index contributed by atoms with van der Waals surface area (Å²) >= 11 is 5.87. The Bertz CT molecular complexity index is 1310. The number of benzene rings is 2. The van der Waals surface area contributed by atoms with Crippen LogP contribution in [0.1, 0.15) is 45.7 Å². The zero-order valence-electron chi connectivity index (χ0n) is 20.7. The molecule has 8 nitrogen and oxygen atoms in total. The van der Waals surface area contributed by atoms with Crippen molar-refractivity contribution in [3.05, 3.63) is 75.4 Å². The lowest BCUT2D eigenvalue weighted by atomic mass is 10.0. The van der Waals surface area contributed by atoms with E-state index >= 15 is 0 Å². The third kappa shape index (κ3) is 6.97. The van der Waals surface area contributed by atoms with E-state index in [4.69, 9.17) is 16.3 Å². The van der Waals surface area contributed by atoms with Crippen molar-refractivity contribution in [2.45, 2.75) is 45.8 Å². The Labute approximate surface area is 213 Å². The first kappa shape index (κ1) is 27.0. The number of aromatic nitrogens is 1. The van der Waals surface area contributed by atoms with Gasteiger partial charge in [0.05, 0.1) is 11.1 Å². The molecule has 36 heavy (non-hydrogen) atoms. The fraction of sp³-hybridized carbons (Fsp3) is 0.346. The van der Waals surface area contributed by atoms with Gasteiger partial charge in [0.2, 0.25) is 0 Å². The number of hydrogen-bond acceptors (Lipinski definition) is 4. The molecule has 0 aliphatic carbocycles. The van der Waals surface area contributed by atoms with Crippen LogP contribution in [0, 0.1) is 5.82 Å². The van der Waals surface area contributed by atoms with Gasteiger partial charge in [0.15, 0.2) is 0 Å². The van der Waals surface area contributed by atoms with E-state index in [0.29, 0.717) is 17.5 Å². The summed E-state index contributed by atoms with van der Waals surface area (Å²) in [5, 5.41) is 6.57. The number of alkyl carbamates (subject to hydrolysis) is 1. The third-order valence-corrected chi connectivity index (χ3v) is 5.72. The van der Waals surface area contributed by atoms with E-state index in [0.717, 1.165) is 10.9 Å². The van der Waals surface area contributed by atoms with Gasteiger partial charge >= 0.3 is 12.1 Å². The highest BCUT2D eigenvalue weighted by Crippen LogP contribution is 2.27. The second kappa shape index (κ2) is 11.4. The lowest BCUT2D eigenvalue weighted by Crippen LogP contribution is -2.40. The summed E-state index contributed by atoms with van der Waals surface area (Å²) in [4.78, 5) is 41.9. The van der Waals surface area contributed by atoms with E-state index in [9.17, 15) is 18.8 Å². The molecule has 0 spiro atoms. The quantitative estimate of drug-likeness (QED) is 0.344. The van der Waals surface area contributed by atoms with Crippen molar-refractivity contribution >= 4 is 40.2 Å². The molecule has 1 unspecified atom stereocenters. The highest BCUT2D eigenvalue weighted by molar-refractivity contribution is 6.31. The van der Waals surface area contributed by atoms with E-state index in [2.05, 4.69) is 15.6 Å². The number of pyridine rings is 1. The molecule has 0 fully saturated rings. The number of carbonyl (C=O) groups is 2. The molecule has 0 saturated heterocycles. The number of nitrogens with one attached hydrogen (secondary N) is 3. The Kier molecular flexibility index (Phi) is 8.57. The van der Waals surface area contributed by atoms with E-state index in [1.54, 1.807) is 44.0 Å². The lowest BCUT2D eigenvalue weighted by Gasteiger charge is -2.30. The zero-order valence-corrected chi connectivity index (χ0v) is 21.4. The number of halogens is 2. The van der Waals surface area contributed by atoms with Gasteiger partial charge in [0.1, 0.15) is 11.4 Å². The summed E-state index contributed by atoms with van der Waals surface area (Å²) in [6.07, 6.45) is 1.49. The first-order valence-corrected chi connectivity index (χ1v) is 11.9. The summed E-state index contributed by atoms with van der Waals surface area (Å²) in [6.45, 7) is 7.72. The maximum Gasteiger partial charge on any atom is 0.407 e. The van der Waals surface area contributed by atoms with Gasteiger partial charge in [-0.15, -0.1) is 0 Å². The van der Waals surface area contributed by atoms with Crippen LogP contribution >= 0.6 is 11.6 Å². The van der Waals surface area contributed by atoms with Crippen LogP contribution in [-0.4, -0.2) is 40.7 Å². The predicted octanol–water partition coefficient (Wildman–Crippen LogP) is 5.83. The van der Waals surface area contributed by atoms with Crippen LogP contribution in [0.2, 0.25) is 5.02 Å². The Morgan fingerprint density at radius 3 is 2.53 bits per heavy atom. The third-order valence-electron chi connectivity index (χ3n) is 5.43. The topological polar surface area (TPSA) is 104 Å². The number of carbonyl (C=O) groups excluding carboxylic acids is 2. The van der Waals surface area contributed by atoms with Gasteiger partial charge in [-0.3, -0.25) is 4.79 Å². The van der Waals surface area contributed by atoms with Gasteiger partial charge in [-0.05, 0) is 69.3 Å².